The van der Waals surface area contributed by atoms with Gasteiger partial charge < -0.3 is 37.2 Å². The maximum absolute atomic E-state index is 2.52. The molecule has 1 aliphatic rings. The Morgan fingerprint density at radius 1 is 0.679 bits per heavy atom. The minimum absolute atomic E-state index is 0. The quantitative estimate of drug-likeness (QED) is 0.333. The van der Waals surface area contributed by atoms with Gasteiger partial charge in [-0.25, -0.2) is 0 Å². The second kappa shape index (κ2) is 10.3. The molecule has 0 amide bonds. The van der Waals surface area contributed by atoms with Gasteiger partial charge in [0, 0.05) is 0 Å². The fraction of sp³-hybridized carbons (Fsp3) is 0.130. The number of rotatable bonds is 3. The van der Waals surface area contributed by atoms with E-state index in [4.69, 9.17) is 0 Å². The molecule has 0 N–H and O–H groups in total. The number of hydrogen-bond acceptors (Lipinski definition) is 0. The van der Waals surface area contributed by atoms with E-state index in [1.807, 2.05) is 0 Å². The van der Waals surface area contributed by atoms with Crippen LogP contribution in [0.3, 0.4) is 0 Å². The summed E-state index contributed by atoms with van der Waals surface area (Å²) >= 11 is 2.35. The number of halogens is 3. The summed E-state index contributed by atoms with van der Waals surface area (Å²) in [7, 11) is -2.05. The van der Waals surface area contributed by atoms with E-state index in [0.717, 1.165) is 0 Å². The molecule has 0 saturated heterocycles. The van der Waals surface area contributed by atoms with E-state index in [0.29, 0.717) is 4.22 Å². The van der Waals surface area contributed by atoms with Gasteiger partial charge in [-0.3, -0.25) is 0 Å². The van der Waals surface area contributed by atoms with E-state index in [1.54, 1.807) is 10.8 Å². The largest absolute Gasteiger partial charge is 1.00 e. The molecule has 5 heteroatoms. The van der Waals surface area contributed by atoms with Gasteiger partial charge in [-0.2, -0.15) is 0 Å². The predicted molar refractivity (Wildman–Crippen MR) is 106 cm³/mol. The molecular formula is C23H21Cl3SiTi. The molecule has 0 radical (unpaired) electrons. The molecule has 0 spiro atoms. The molecule has 142 valence electrons. The second-order valence-corrected chi connectivity index (χ2v) is 11.7. The Labute approximate surface area is 199 Å². The van der Waals surface area contributed by atoms with Gasteiger partial charge in [-0.15, -0.1) is 0 Å². The molecule has 0 saturated carbocycles. The standard InChI is InChI=1S/C23H21Si.3ClH.Ti/c1-18-17-19-11-9-10-16-22(19)23(18)24(2,20-12-5-3-6-13-20)21-14-7-4-8-15-21;;;;/h3-17H,1-2H3;3*1H;/q;;;;+3/p-3. The number of fused-ring (bicyclic) bond motifs is 1. The second-order valence-electron chi connectivity index (χ2n) is 6.94. The first-order valence-electron chi connectivity index (χ1n) is 8.76. The summed E-state index contributed by atoms with van der Waals surface area (Å²) in [4.78, 5) is 0. The average molecular weight is 480 g/mol. The van der Waals surface area contributed by atoms with Crippen LogP contribution in [-0.2, 0) is 20.4 Å². The van der Waals surface area contributed by atoms with Crippen molar-refractivity contribution in [1.29, 1.82) is 0 Å². The predicted octanol–water partition coefficient (Wildman–Crippen LogP) is -4.49. The van der Waals surface area contributed by atoms with Gasteiger partial charge in [0.25, 0.3) is 0 Å². The van der Waals surface area contributed by atoms with E-state index < -0.39 is 8.07 Å². The summed E-state index contributed by atoms with van der Waals surface area (Å²) in [6.07, 6.45) is 0. The monoisotopic (exact) mass is 478 g/mol. The zero-order valence-electron chi connectivity index (χ0n) is 15.8. The molecule has 0 fully saturated rings. The summed E-state index contributed by atoms with van der Waals surface area (Å²) in [5, 5.41) is 4.58. The smallest absolute Gasteiger partial charge is 1.00 e. The van der Waals surface area contributed by atoms with Crippen LogP contribution in [-0.4, -0.2) is 8.07 Å². The van der Waals surface area contributed by atoms with Crippen molar-refractivity contribution in [2.75, 3.05) is 0 Å². The van der Waals surface area contributed by atoms with E-state index in [1.165, 1.54) is 21.5 Å². The Kier molecular flexibility index (Phi) is 9.28. The molecule has 3 aromatic rings. The topological polar surface area (TPSA) is 0 Å². The third-order valence-electron chi connectivity index (χ3n) is 5.57. The van der Waals surface area contributed by atoms with Gasteiger partial charge in [0.1, 0.15) is 0 Å². The molecule has 0 bridgehead atoms. The number of benzene rings is 3. The van der Waals surface area contributed by atoms with Crippen LogP contribution in [0.2, 0.25) is 6.55 Å². The molecule has 3 aromatic carbocycles. The van der Waals surface area contributed by atoms with E-state index in [-0.39, 0.29) is 37.2 Å². The molecule has 1 aliphatic carbocycles. The fourth-order valence-electron chi connectivity index (χ4n) is 4.23. The van der Waals surface area contributed by atoms with Gasteiger partial charge in [-0.1, -0.05) is 0 Å². The molecule has 0 aromatic heterocycles. The van der Waals surface area contributed by atoms with Crippen molar-refractivity contribution in [1.82, 2.24) is 0 Å². The van der Waals surface area contributed by atoms with Gasteiger partial charge in [0.2, 0.25) is 0 Å². The maximum atomic E-state index is 2.52. The van der Waals surface area contributed by atoms with E-state index in [2.05, 4.69) is 119 Å². The van der Waals surface area contributed by atoms with Crippen molar-refractivity contribution in [3.8, 4) is 0 Å². The van der Waals surface area contributed by atoms with Crippen molar-refractivity contribution in [3.63, 3.8) is 0 Å². The SMILES string of the molecule is CC1=C([Si](C)(c2ccccc2)c2ccccc2)c2ccccc2[CH]1[Ti+3].[Cl-].[Cl-].[Cl-]. The van der Waals surface area contributed by atoms with Crippen molar-refractivity contribution < 1.29 is 57.7 Å². The van der Waals surface area contributed by atoms with Crippen LogP contribution in [0.1, 0.15) is 22.3 Å². The van der Waals surface area contributed by atoms with Crippen LogP contribution in [0.4, 0.5) is 0 Å². The third kappa shape index (κ3) is 4.07. The van der Waals surface area contributed by atoms with Gasteiger partial charge >= 0.3 is 163 Å². The Morgan fingerprint density at radius 3 is 1.61 bits per heavy atom. The first kappa shape index (κ1) is 25.2. The van der Waals surface area contributed by atoms with Crippen molar-refractivity contribution in [2.45, 2.75) is 17.7 Å². The van der Waals surface area contributed by atoms with Gasteiger partial charge in [0.15, 0.2) is 0 Å². The Hall–Kier alpha value is -0.799. The summed E-state index contributed by atoms with van der Waals surface area (Å²) < 4.78 is 0.505. The molecule has 1 unspecified atom stereocenters. The molecular weight excluding hydrogens is 459 g/mol. The average Bonchev–Trinajstić information content (AvgIpc) is 2.94. The Balaban J connectivity index is 0.00000131. The van der Waals surface area contributed by atoms with Crippen molar-refractivity contribution in [2.24, 2.45) is 0 Å². The molecule has 1 atom stereocenters. The molecule has 0 heterocycles. The minimum Gasteiger partial charge on any atom is -1.00 e. The number of allylic oxidation sites excluding steroid dienone is 1. The summed E-state index contributed by atoms with van der Waals surface area (Å²) in [5.41, 5.74) is 4.50. The molecule has 28 heavy (non-hydrogen) atoms. The van der Waals surface area contributed by atoms with Crippen LogP contribution in [0.25, 0.3) is 5.20 Å². The molecule has 0 nitrogen and oxygen atoms in total. The third-order valence-corrected chi connectivity index (χ3v) is 11.4. The first-order valence-corrected chi connectivity index (χ1v) is 12.2. The maximum Gasteiger partial charge on any atom is -1.00 e. The number of hydrogen-bond donors (Lipinski definition) is 0. The van der Waals surface area contributed by atoms with Crippen molar-refractivity contribution in [3.05, 3.63) is 102 Å². The van der Waals surface area contributed by atoms with E-state index in [9.17, 15) is 0 Å². The summed E-state index contributed by atoms with van der Waals surface area (Å²) in [6, 6.07) is 31.3. The zero-order valence-corrected chi connectivity index (χ0v) is 20.6. The van der Waals surface area contributed by atoms with Gasteiger partial charge in [0.05, 0.1) is 0 Å². The zero-order chi connectivity index (χ0) is 17.4. The fourth-order valence-corrected chi connectivity index (χ4v) is 9.40. The normalized spacial score (nSPS) is 15.1. The Morgan fingerprint density at radius 2 is 1.11 bits per heavy atom. The van der Waals surface area contributed by atoms with Crippen LogP contribution in [0.15, 0.2) is 90.5 Å². The van der Waals surface area contributed by atoms with Crippen LogP contribution >= 0.6 is 0 Å². The minimum atomic E-state index is -2.05. The Bertz CT molecular complexity index is 903. The molecule has 4 rings (SSSR count). The van der Waals surface area contributed by atoms with Crippen LogP contribution < -0.4 is 47.6 Å². The van der Waals surface area contributed by atoms with Crippen molar-refractivity contribution >= 4 is 23.6 Å². The summed E-state index contributed by atoms with van der Waals surface area (Å²) in [5.74, 6) is 0. The summed E-state index contributed by atoms with van der Waals surface area (Å²) in [6.45, 7) is 4.86. The first-order chi connectivity index (χ1) is 12.1. The van der Waals surface area contributed by atoms with E-state index >= 15 is 0 Å². The van der Waals surface area contributed by atoms with Crippen LogP contribution in [0.5, 0.6) is 0 Å². The van der Waals surface area contributed by atoms with Gasteiger partial charge in [-0.05, 0) is 0 Å². The van der Waals surface area contributed by atoms with Crippen LogP contribution in [0, 0.1) is 0 Å². The molecule has 0 aliphatic heterocycles.